The highest BCUT2D eigenvalue weighted by Crippen LogP contribution is 2.39. The van der Waals surface area contributed by atoms with Gasteiger partial charge in [0.15, 0.2) is 0 Å². The van der Waals surface area contributed by atoms with E-state index in [2.05, 4.69) is 10.6 Å². The molecule has 0 spiro atoms. The lowest BCUT2D eigenvalue weighted by Crippen LogP contribution is -2.57. The summed E-state index contributed by atoms with van der Waals surface area (Å²) in [6.45, 7) is 3.85. The van der Waals surface area contributed by atoms with Crippen molar-refractivity contribution in [1.82, 2.24) is 0 Å². The van der Waals surface area contributed by atoms with Gasteiger partial charge in [-0.05, 0) is 43.5 Å². The van der Waals surface area contributed by atoms with Gasteiger partial charge in [-0.25, -0.2) is 4.79 Å². The average Bonchev–Trinajstić information content (AvgIpc) is 2.65. The molecule has 3 rings (SSSR count). The molecular formula is C22H24N2O4. The Morgan fingerprint density at radius 2 is 1.43 bits per heavy atom. The SMILES string of the molecule is Cc1ccccc1NC1(Nc2ccccc2C)CC(C(=O)O)=CCC1C(=O)O. The summed E-state index contributed by atoms with van der Waals surface area (Å²) in [7, 11) is 0. The van der Waals surface area contributed by atoms with Crippen LogP contribution < -0.4 is 10.6 Å². The number of hydrogen-bond acceptors (Lipinski definition) is 4. The second-order valence-corrected chi connectivity index (χ2v) is 7.19. The molecule has 0 saturated carbocycles. The van der Waals surface area contributed by atoms with Crippen LogP contribution in [0.2, 0.25) is 0 Å². The van der Waals surface area contributed by atoms with Crippen molar-refractivity contribution in [2.24, 2.45) is 5.92 Å². The lowest BCUT2D eigenvalue weighted by molar-refractivity contribution is -0.144. The lowest BCUT2D eigenvalue weighted by Gasteiger charge is -2.44. The Labute approximate surface area is 163 Å². The minimum atomic E-state index is -1.19. The number of aliphatic carboxylic acids is 2. The van der Waals surface area contributed by atoms with E-state index in [9.17, 15) is 19.8 Å². The summed E-state index contributed by atoms with van der Waals surface area (Å²) in [6, 6.07) is 15.1. The number of carboxylic acids is 2. The van der Waals surface area contributed by atoms with Gasteiger partial charge in [0.1, 0.15) is 11.6 Å². The zero-order valence-corrected chi connectivity index (χ0v) is 15.9. The third kappa shape index (κ3) is 3.86. The van der Waals surface area contributed by atoms with Crippen LogP contribution in [0.1, 0.15) is 24.0 Å². The summed E-state index contributed by atoms with van der Waals surface area (Å²) >= 11 is 0. The molecule has 2 aromatic carbocycles. The van der Waals surface area contributed by atoms with Gasteiger partial charge in [-0.15, -0.1) is 0 Å². The number of allylic oxidation sites excluding steroid dienone is 1. The molecule has 0 bridgehead atoms. The molecule has 1 atom stereocenters. The third-order valence-corrected chi connectivity index (χ3v) is 5.24. The van der Waals surface area contributed by atoms with Crippen molar-refractivity contribution >= 4 is 23.3 Å². The van der Waals surface area contributed by atoms with E-state index in [0.717, 1.165) is 22.5 Å². The number of aryl methyl sites for hydroxylation is 2. The van der Waals surface area contributed by atoms with Crippen molar-refractivity contribution in [1.29, 1.82) is 0 Å². The molecule has 2 aromatic rings. The van der Waals surface area contributed by atoms with Crippen molar-refractivity contribution < 1.29 is 19.8 Å². The number of para-hydroxylation sites is 2. The van der Waals surface area contributed by atoms with Crippen LogP contribution in [0.15, 0.2) is 60.2 Å². The van der Waals surface area contributed by atoms with E-state index in [1.807, 2.05) is 62.4 Å². The van der Waals surface area contributed by atoms with Crippen molar-refractivity contribution in [3.63, 3.8) is 0 Å². The van der Waals surface area contributed by atoms with Gasteiger partial charge in [0.05, 0.1) is 0 Å². The first-order valence-corrected chi connectivity index (χ1v) is 9.15. The molecule has 0 fully saturated rings. The van der Waals surface area contributed by atoms with Gasteiger partial charge in [-0.3, -0.25) is 4.79 Å². The normalized spacial score (nSPS) is 18.1. The van der Waals surface area contributed by atoms with Gasteiger partial charge in [0.25, 0.3) is 0 Å². The number of carboxylic acid groups (broad SMARTS) is 2. The van der Waals surface area contributed by atoms with E-state index in [-0.39, 0.29) is 18.4 Å². The fraction of sp³-hybridized carbons (Fsp3) is 0.273. The van der Waals surface area contributed by atoms with Crippen LogP contribution in [0, 0.1) is 19.8 Å². The minimum Gasteiger partial charge on any atom is -0.481 e. The van der Waals surface area contributed by atoms with E-state index >= 15 is 0 Å². The number of anilines is 2. The molecule has 28 heavy (non-hydrogen) atoms. The Balaban J connectivity index is 2.12. The first-order chi connectivity index (χ1) is 13.3. The Hall–Kier alpha value is -3.28. The highest BCUT2D eigenvalue weighted by Gasteiger charge is 2.47. The Bertz CT molecular complexity index is 888. The van der Waals surface area contributed by atoms with Gasteiger partial charge in [-0.2, -0.15) is 0 Å². The Morgan fingerprint density at radius 1 is 0.929 bits per heavy atom. The van der Waals surface area contributed by atoms with E-state index in [1.54, 1.807) is 0 Å². The zero-order valence-electron chi connectivity index (χ0n) is 15.9. The molecule has 0 aromatic heterocycles. The quantitative estimate of drug-likeness (QED) is 0.565. The molecule has 0 amide bonds. The number of benzene rings is 2. The molecule has 1 aliphatic rings. The smallest absolute Gasteiger partial charge is 0.331 e. The Morgan fingerprint density at radius 3 is 1.86 bits per heavy atom. The molecule has 0 heterocycles. The predicted octanol–water partition coefficient (Wildman–Crippen LogP) is 4.03. The van der Waals surface area contributed by atoms with Gasteiger partial charge in [-0.1, -0.05) is 42.5 Å². The van der Waals surface area contributed by atoms with E-state index in [0.29, 0.717) is 0 Å². The maximum absolute atomic E-state index is 12.1. The van der Waals surface area contributed by atoms with E-state index in [1.165, 1.54) is 6.08 Å². The maximum Gasteiger partial charge on any atom is 0.331 e. The molecule has 6 heteroatoms. The number of carbonyl (C=O) groups is 2. The van der Waals surface area contributed by atoms with Crippen LogP contribution in [0.3, 0.4) is 0 Å². The fourth-order valence-corrected chi connectivity index (χ4v) is 3.63. The highest BCUT2D eigenvalue weighted by molar-refractivity contribution is 5.88. The van der Waals surface area contributed by atoms with Crippen molar-refractivity contribution in [3.05, 3.63) is 71.3 Å². The molecule has 1 aliphatic carbocycles. The number of hydrogen-bond donors (Lipinski definition) is 4. The minimum absolute atomic E-state index is 0.0297. The Kier molecular flexibility index (Phi) is 5.40. The molecule has 146 valence electrons. The predicted molar refractivity (Wildman–Crippen MR) is 108 cm³/mol. The molecule has 0 aliphatic heterocycles. The first kappa shape index (κ1) is 19.5. The number of rotatable bonds is 6. The zero-order chi connectivity index (χ0) is 20.3. The van der Waals surface area contributed by atoms with Crippen molar-refractivity contribution in [2.45, 2.75) is 32.4 Å². The number of nitrogens with one attached hydrogen (secondary N) is 2. The van der Waals surface area contributed by atoms with Gasteiger partial charge in [0, 0.05) is 23.4 Å². The van der Waals surface area contributed by atoms with Crippen LogP contribution in [-0.2, 0) is 9.59 Å². The summed E-state index contributed by atoms with van der Waals surface area (Å²) in [6.07, 6.45) is 1.66. The highest BCUT2D eigenvalue weighted by atomic mass is 16.4. The van der Waals surface area contributed by atoms with Crippen LogP contribution in [0.25, 0.3) is 0 Å². The molecule has 0 saturated heterocycles. The largest absolute Gasteiger partial charge is 0.481 e. The van der Waals surface area contributed by atoms with E-state index < -0.39 is 23.5 Å². The summed E-state index contributed by atoms with van der Waals surface area (Å²) in [5, 5.41) is 26.2. The van der Waals surface area contributed by atoms with Gasteiger partial charge < -0.3 is 20.8 Å². The topological polar surface area (TPSA) is 98.7 Å². The van der Waals surface area contributed by atoms with Crippen molar-refractivity contribution in [3.8, 4) is 0 Å². The standard InChI is InChI=1S/C22H24N2O4/c1-14-7-3-5-9-18(14)23-22(24-19-10-6-4-8-15(19)2)13-16(20(25)26)11-12-17(22)21(27)28/h3-11,17,23-24H,12-13H2,1-2H3,(H,25,26)(H,27,28). The fourth-order valence-electron chi connectivity index (χ4n) is 3.63. The second-order valence-electron chi connectivity index (χ2n) is 7.19. The second kappa shape index (κ2) is 7.76. The molecule has 1 unspecified atom stereocenters. The maximum atomic E-state index is 12.1. The van der Waals surface area contributed by atoms with Gasteiger partial charge >= 0.3 is 11.9 Å². The summed E-state index contributed by atoms with van der Waals surface area (Å²) in [5.41, 5.74) is 2.43. The average molecular weight is 380 g/mol. The van der Waals surface area contributed by atoms with Crippen LogP contribution in [0.4, 0.5) is 11.4 Å². The third-order valence-electron chi connectivity index (χ3n) is 5.24. The van der Waals surface area contributed by atoms with Crippen molar-refractivity contribution in [2.75, 3.05) is 10.6 Å². The molecule has 0 radical (unpaired) electrons. The first-order valence-electron chi connectivity index (χ1n) is 9.15. The summed E-state index contributed by atoms with van der Waals surface area (Å²) < 4.78 is 0. The monoisotopic (exact) mass is 380 g/mol. The summed E-state index contributed by atoms with van der Waals surface area (Å²) in [4.78, 5) is 23.8. The van der Waals surface area contributed by atoms with Crippen LogP contribution >= 0.6 is 0 Å². The van der Waals surface area contributed by atoms with Gasteiger partial charge in [0.2, 0.25) is 0 Å². The van der Waals surface area contributed by atoms with E-state index in [4.69, 9.17) is 0 Å². The lowest BCUT2D eigenvalue weighted by atomic mass is 9.78. The summed E-state index contributed by atoms with van der Waals surface area (Å²) in [5.74, 6) is -2.87. The molecular weight excluding hydrogens is 356 g/mol. The van der Waals surface area contributed by atoms with Crippen LogP contribution in [0.5, 0.6) is 0 Å². The molecule has 6 nitrogen and oxygen atoms in total. The molecule has 4 N–H and O–H groups in total. The van der Waals surface area contributed by atoms with Crippen LogP contribution in [-0.4, -0.2) is 27.8 Å².